The molecule has 1 aliphatic heterocycles. The number of ether oxygens (including phenoxy) is 1. The molecule has 0 bridgehead atoms. The monoisotopic (exact) mass is 490 g/mol. The smallest absolute Gasteiger partial charge is 0.410 e. The summed E-state index contributed by atoms with van der Waals surface area (Å²) in [6.07, 6.45) is -0.427. The number of piperidine rings is 1. The first-order valence-electron chi connectivity index (χ1n) is 11.4. The van der Waals surface area contributed by atoms with Crippen LogP contribution in [-0.4, -0.2) is 70.6 Å². The predicted octanol–water partition coefficient (Wildman–Crippen LogP) is 0.905. The minimum atomic E-state index is -1.50. The summed E-state index contributed by atoms with van der Waals surface area (Å²) in [5.41, 5.74) is 4.14. The number of carbonyl (C=O) groups excluding carboxylic acids is 4. The molecule has 1 fully saturated rings. The summed E-state index contributed by atoms with van der Waals surface area (Å²) >= 11 is 0. The summed E-state index contributed by atoms with van der Waals surface area (Å²) in [6.45, 7) is 7.31. The van der Waals surface area contributed by atoms with Gasteiger partial charge in [-0.3, -0.25) is 14.4 Å². The highest BCUT2D eigenvalue weighted by Gasteiger charge is 2.45. The maximum absolute atomic E-state index is 13.5. The molecule has 2 atom stereocenters. The molecule has 11 heteroatoms. The van der Waals surface area contributed by atoms with Gasteiger partial charge >= 0.3 is 12.1 Å². The largest absolute Gasteiger partial charge is 0.480 e. The second-order valence-electron chi connectivity index (χ2n) is 9.68. The number of carbonyl (C=O) groups is 5. The Morgan fingerprint density at radius 1 is 1.09 bits per heavy atom. The van der Waals surface area contributed by atoms with Crippen molar-refractivity contribution in [2.24, 2.45) is 5.73 Å². The Bertz CT molecular complexity index is 950. The summed E-state index contributed by atoms with van der Waals surface area (Å²) in [4.78, 5) is 62.6. The number of nitrogens with two attached hydrogens (primary N) is 1. The number of carboxylic acid groups (broad SMARTS) is 1. The Morgan fingerprint density at radius 2 is 1.66 bits per heavy atom. The van der Waals surface area contributed by atoms with Crippen LogP contribution in [0.25, 0.3) is 0 Å². The van der Waals surface area contributed by atoms with Gasteiger partial charge in [-0.2, -0.15) is 0 Å². The van der Waals surface area contributed by atoms with E-state index in [0.29, 0.717) is 12.8 Å². The van der Waals surface area contributed by atoms with Gasteiger partial charge in [-0.1, -0.05) is 30.3 Å². The topological polar surface area (TPSA) is 168 Å². The number of nitrogens with zero attached hydrogens (tertiary/aromatic N) is 1. The molecule has 4 amide bonds. The van der Waals surface area contributed by atoms with Crippen molar-refractivity contribution in [2.45, 2.75) is 70.1 Å². The molecule has 1 aromatic rings. The lowest BCUT2D eigenvalue weighted by atomic mass is 9.72. The van der Waals surface area contributed by atoms with E-state index in [4.69, 9.17) is 10.5 Å². The van der Waals surface area contributed by atoms with Crippen molar-refractivity contribution in [1.29, 1.82) is 0 Å². The fourth-order valence-electron chi connectivity index (χ4n) is 3.90. The number of carboxylic acids is 1. The van der Waals surface area contributed by atoms with E-state index in [9.17, 15) is 29.1 Å². The standard InChI is InChI=1S/C24H34N4O7/c1-15(19(30)27-17(20(31)32)14-18(25)29)26-21(33)24(16-8-6-5-7-9-16)10-12-28(13-11-24)22(34)35-23(2,3)4/h5-9,15,17H,10-14H2,1-4H3,(H2,25,29)(H,26,33)(H,27,30)(H,31,32)/t15-,17-/m0/s1. The number of nitrogens with one attached hydrogen (secondary N) is 2. The Balaban J connectivity index is 2.17. The second kappa shape index (κ2) is 11.2. The van der Waals surface area contributed by atoms with Crippen LogP contribution < -0.4 is 16.4 Å². The van der Waals surface area contributed by atoms with Gasteiger partial charge in [0.25, 0.3) is 0 Å². The van der Waals surface area contributed by atoms with Gasteiger partial charge in [0, 0.05) is 13.1 Å². The Kier molecular flexibility index (Phi) is 8.83. The lowest BCUT2D eigenvalue weighted by molar-refractivity contribution is -0.143. The van der Waals surface area contributed by atoms with Gasteiger partial charge < -0.3 is 31.1 Å². The number of aliphatic carboxylic acids is 1. The fourth-order valence-corrected chi connectivity index (χ4v) is 3.90. The minimum absolute atomic E-state index is 0.275. The van der Waals surface area contributed by atoms with Crippen LogP contribution in [0.2, 0.25) is 0 Å². The Labute approximate surface area is 204 Å². The van der Waals surface area contributed by atoms with E-state index >= 15 is 0 Å². The third-order valence-electron chi connectivity index (χ3n) is 5.79. The number of likely N-dealkylation sites (tertiary alicyclic amines) is 1. The number of primary amides is 1. The van der Waals surface area contributed by atoms with Crippen LogP contribution in [0.4, 0.5) is 4.79 Å². The molecule has 1 aliphatic rings. The van der Waals surface area contributed by atoms with Crippen LogP contribution in [-0.2, 0) is 29.3 Å². The maximum atomic E-state index is 13.5. The van der Waals surface area contributed by atoms with Gasteiger partial charge in [0.05, 0.1) is 11.8 Å². The Morgan fingerprint density at radius 3 is 2.14 bits per heavy atom. The molecule has 2 rings (SSSR count). The van der Waals surface area contributed by atoms with Crippen LogP contribution in [0.1, 0.15) is 52.5 Å². The molecule has 0 saturated carbocycles. The van der Waals surface area contributed by atoms with Crippen molar-refractivity contribution in [3.05, 3.63) is 35.9 Å². The summed E-state index contributed by atoms with van der Waals surface area (Å²) < 4.78 is 5.44. The molecule has 1 aromatic carbocycles. The number of rotatable bonds is 8. The van der Waals surface area contributed by atoms with Crippen molar-refractivity contribution < 1.29 is 33.8 Å². The molecule has 0 unspecified atom stereocenters. The molecule has 5 N–H and O–H groups in total. The lowest BCUT2D eigenvalue weighted by Gasteiger charge is -2.41. The van der Waals surface area contributed by atoms with Crippen molar-refractivity contribution in [3.63, 3.8) is 0 Å². The van der Waals surface area contributed by atoms with Gasteiger partial charge in [0.1, 0.15) is 17.7 Å². The van der Waals surface area contributed by atoms with Gasteiger partial charge in [-0.25, -0.2) is 9.59 Å². The van der Waals surface area contributed by atoms with Gasteiger partial charge in [-0.05, 0) is 46.1 Å². The van der Waals surface area contributed by atoms with E-state index < -0.39 is 59.3 Å². The van der Waals surface area contributed by atoms with Crippen molar-refractivity contribution >= 4 is 29.8 Å². The molecule has 1 heterocycles. The quantitative estimate of drug-likeness (QED) is 0.420. The summed E-state index contributed by atoms with van der Waals surface area (Å²) in [7, 11) is 0. The SMILES string of the molecule is C[C@H](NC(=O)C1(c2ccccc2)CCN(C(=O)OC(C)(C)C)CC1)C(=O)N[C@@H](CC(N)=O)C(=O)O. The van der Waals surface area contributed by atoms with E-state index in [1.807, 2.05) is 30.3 Å². The molecule has 192 valence electrons. The van der Waals surface area contributed by atoms with Gasteiger partial charge in [0.2, 0.25) is 17.7 Å². The van der Waals surface area contributed by atoms with E-state index in [1.165, 1.54) is 6.92 Å². The highest BCUT2D eigenvalue weighted by atomic mass is 16.6. The molecular weight excluding hydrogens is 456 g/mol. The van der Waals surface area contributed by atoms with Gasteiger partial charge in [0.15, 0.2) is 0 Å². The van der Waals surface area contributed by atoms with Crippen LogP contribution in [0.15, 0.2) is 30.3 Å². The number of amides is 4. The average Bonchev–Trinajstić information content (AvgIpc) is 2.77. The Hall–Kier alpha value is -3.63. The average molecular weight is 491 g/mol. The van der Waals surface area contributed by atoms with E-state index in [2.05, 4.69) is 10.6 Å². The normalized spacial score (nSPS) is 17.0. The molecule has 35 heavy (non-hydrogen) atoms. The summed E-state index contributed by atoms with van der Waals surface area (Å²) in [5, 5.41) is 14.1. The van der Waals surface area contributed by atoms with E-state index in [0.717, 1.165) is 5.56 Å². The number of hydrogen-bond donors (Lipinski definition) is 4. The third-order valence-corrected chi connectivity index (χ3v) is 5.79. The first-order chi connectivity index (χ1) is 16.2. The minimum Gasteiger partial charge on any atom is -0.480 e. The van der Waals surface area contributed by atoms with E-state index in [-0.39, 0.29) is 13.1 Å². The first-order valence-corrected chi connectivity index (χ1v) is 11.4. The lowest BCUT2D eigenvalue weighted by Crippen LogP contribution is -2.57. The summed E-state index contributed by atoms with van der Waals surface area (Å²) in [6, 6.07) is 6.50. The molecule has 1 saturated heterocycles. The molecule has 11 nitrogen and oxygen atoms in total. The highest BCUT2D eigenvalue weighted by Crippen LogP contribution is 2.36. The zero-order valence-electron chi connectivity index (χ0n) is 20.5. The van der Waals surface area contributed by atoms with E-state index in [1.54, 1.807) is 25.7 Å². The number of benzene rings is 1. The van der Waals surface area contributed by atoms with Crippen molar-refractivity contribution in [3.8, 4) is 0 Å². The fraction of sp³-hybridized carbons (Fsp3) is 0.542. The highest BCUT2D eigenvalue weighted by molar-refractivity contribution is 5.95. The zero-order valence-corrected chi connectivity index (χ0v) is 20.5. The third kappa shape index (κ3) is 7.43. The first kappa shape index (κ1) is 27.6. The summed E-state index contributed by atoms with van der Waals surface area (Å²) in [5.74, 6) is -3.47. The predicted molar refractivity (Wildman–Crippen MR) is 126 cm³/mol. The molecule has 0 aliphatic carbocycles. The molecular formula is C24H34N4O7. The molecule has 0 aromatic heterocycles. The van der Waals surface area contributed by atoms with Crippen molar-refractivity contribution in [1.82, 2.24) is 15.5 Å². The van der Waals surface area contributed by atoms with Gasteiger partial charge in [-0.15, -0.1) is 0 Å². The number of hydrogen-bond acceptors (Lipinski definition) is 6. The molecule has 0 spiro atoms. The second-order valence-corrected chi connectivity index (χ2v) is 9.68. The van der Waals surface area contributed by atoms with Crippen LogP contribution in [0.3, 0.4) is 0 Å². The maximum Gasteiger partial charge on any atom is 0.410 e. The van der Waals surface area contributed by atoms with Crippen LogP contribution in [0.5, 0.6) is 0 Å². The molecule has 0 radical (unpaired) electrons. The van der Waals surface area contributed by atoms with Crippen LogP contribution >= 0.6 is 0 Å². The van der Waals surface area contributed by atoms with Crippen LogP contribution in [0, 0.1) is 0 Å². The van der Waals surface area contributed by atoms with Crippen molar-refractivity contribution in [2.75, 3.05) is 13.1 Å². The zero-order chi connectivity index (χ0) is 26.4.